The summed E-state index contributed by atoms with van der Waals surface area (Å²) in [5.41, 5.74) is 0.932. The van der Waals surface area contributed by atoms with Crippen molar-refractivity contribution in [1.82, 2.24) is 10.6 Å². The van der Waals surface area contributed by atoms with Gasteiger partial charge in [0.05, 0.1) is 18.7 Å². The molecule has 0 aliphatic carbocycles. The molecule has 1 aliphatic heterocycles. The molecule has 0 spiro atoms. The van der Waals surface area contributed by atoms with Gasteiger partial charge in [-0.2, -0.15) is 0 Å². The molecule has 0 radical (unpaired) electrons. The number of benzene rings is 1. The van der Waals surface area contributed by atoms with Gasteiger partial charge in [0.1, 0.15) is 13.2 Å². The van der Waals surface area contributed by atoms with Crippen molar-refractivity contribution in [2.24, 2.45) is 0 Å². The number of hydrogen-bond acceptors (Lipinski definition) is 4. The Bertz CT molecular complexity index is 478. The monoisotopic (exact) mass is 280 g/mol. The van der Waals surface area contributed by atoms with Crippen LogP contribution < -0.4 is 20.1 Å². The minimum atomic E-state index is -0.311. The van der Waals surface area contributed by atoms with E-state index in [2.05, 4.69) is 10.6 Å². The lowest BCUT2D eigenvalue weighted by Crippen LogP contribution is -2.43. The first-order valence-electron chi connectivity index (χ1n) is 6.67. The Kier molecular flexibility index (Phi) is 4.68. The number of urea groups is 1. The van der Waals surface area contributed by atoms with Gasteiger partial charge in [0, 0.05) is 0 Å². The highest BCUT2D eigenvalue weighted by molar-refractivity contribution is 5.74. The van der Waals surface area contributed by atoms with Crippen molar-refractivity contribution in [3.8, 4) is 11.5 Å². The van der Waals surface area contributed by atoms with Gasteiger partial charge in [0.15, 0.2) is 11.5 Å². The third-order valence-corrected chi connectivity index (χ3v) is 3.07. The second kappa shape index (κ2) is 6.47. The second-order valence-electron chi connectivity index (χ2n) is 4.83. The maximum atomic E-state index is 11.7. The average Bonchev–Trinajstić information content (AvgIpc) is 2.46. The van der Waals surface area contributed by atoms with Crippen LogP contribution in [0, 0.1) is 0 Å². The minimum Gasteiger partial charge on any atom is -0.486 e. The maximum absolute atomic E-state index is 11.7. The number of rotatable bonds is 4. The molecular formula is C14H20N2O4. The van der Waals surface area contributed by atoms with Crippen LogP contribution in [0.15, 0.2) is 18.2 Å². The summed E-state index contributed by atoms with van der Waals surface area (Å²) in [5, 5.41) is 14.3. The van der Waals surface area contributed by atoms with Crippen LogP contribution in [-0.4, -0.2) is 37.0 Å². The lowest BCUT2D eigenvalue weighted by molar-refractivity contribution is 0.171. The van der Waals surface area contributed by atoms with Crippen molar-refractivity contribution in [2.75, 3.05) is 19.8 Å². The van der Waals surface area contributed by atoms with Crippen molar-refractivity contribution in [3.63, 3.8) is 0 Å². The van der Waals surface area contributed by atoms with Crippen LogP contribution in [0.4, 0.5) is 4.79 Å². The van der Waals surface area contributed by atoms with Crippen molar-refractivity contribution in [1.29, 1.82) is 0 Å². The van der Waals surface area contributed by atoms with E-state index in [-0.39, 0.29) is 24.7 Å². The Morgan fingerprint density at radius 1 is 1.25 bits per heavy atom. The van der Waals surface area contributed by atoms with Gasteiger partial charge in [-0.15, -0.1) is 0 Å². The molecule has 6 nitrogen and oxygen atoms in total. The van der Waals surface area contributed by atoms with E-state index >= 15 is 0 Å². The van der Waals surface area contributed by atoms with Crippen LogP contribution in [0.3, 0.4) is 0 Å². The van der Waals surface area contributed by atoms with Crippen LogP contribution in [0.25, 0.3) is 0 Å². The van der Waals surface area contributed by atoms with E-state index in [1.165, 1.54) is 0 Å². The SMILES string of the molecule is C[C@@H](CO)NC(=O)N[C@H](C)c1ccc2c(c1)OCCO2. The summed E-state index contributed by atoms with van der Waals surface area (Å²) in [4.78, 5) is 11.7. The molecule has 1 aliphatic rings. The average molecular weight is 280 g/mol. The Morgan fingerprint density at radius 3 is 2.65 bits per heavy atom. The van der Waals surface area contributed by atoms with Crippen LogP contribution in [0.5, 0.6) is 11.5 Å². The van der Waals surface area contributed by atoms with Crippen LogP contribution >= 0.6 is 0 Å². The van der Waals surface area contributed by atoms with E-state index in [4.69, 9.17) is 14.6 Å². The van der Waals surface area contributed by atoms with E-state index in [0.717, 1.165) is 11.3 Å². The number of carbonyl (C=O) groups excluding carboxylic acids is 1. The molecule has 2 rings (SSSR count). The second-order valence-corrected chi connectivity index (χ2v) is 4.83. The number of amides is 2. The van der Waals surface area contributed by atoms with E-state index in [9.17, 15) is 4.79 Å². The fraction of sp³-hybridized carbons (Fsp3) is 0.500. The molecule has 1 aromatic rings. The molecule has 20 heavy (non-hydrogen) atoms. The highest BCUT2D eigenvalue weighted by Crippen LogP contribution is 2.32. The lowest BCUT2D eigenvalue weighted by atomic mass is 10.1. The fourth-order valence-electron chi connectivity index (χ4n) is 1.92. The van der Waals surface area contributed by atoms with E-state index in [0.29, 0.717) is 19.0 Å². The van der Waals surface area contributed by atoms with Crippen LogP contribution in [0.1, 0.15) is 25.5 Å². The van der Waals surface area contributed by atoms with E-state index in [1.54, 1.807) is 6.92 Å². The predicted octanol–water partition coefficient (Wildman–Crippen LogP) is 1.20. The summed E-state index contributed by atoms with van der Waals surface area (Å²) in [5.74, 6) is 1.43. The van der Waals surface area contributed by atoms with Crippen molar-refractivity contribution >= 4 is 6.03 Å². The summed E-state index contributed by atoms with van der Waals surface area (Å²) in [6.45, 7) is 4.61. The van der Waals surface area contributed by atoms with Gasteiger partial charge in [0.2, 0.25) is 0 Å². The Balaban J connectivity index is 1.98. The summed E-state index contributed by atoms with van der Waals surface area (Å²) < 4.78 is 11.0. The maximum Gasteiger partial charge on any atom is 0.315 e. The molecular weight excluding hydrogens is 260 g/mol. The quantitative estimate of drug-likeness (QED) is 0.774. The van der Waals surface area contributed by atoms with Gasteiger partial charge in [0.25, 0.3) is 0 Å². The van der Waals surface area contributed by atoms with Crippen LogP contribution in [0.2, 0.25) is 0 Å². The minimum absolute atomic E-state index is 0.0914. The first kappa shape index (κ1) is 14.5. The van der Waals surface area contributed by atoms with Gasteiger partial charge in [-0.05, 0) is 31.5 Å². The van der Waals surface area contributed by atoms with Crippen LogP contribution in [-0.2, 0) is 0 Å². The molecule has 6 heteroatoms. The number of ether oxygens (including phenoxy) is 2. The smallest absolute Gasteiger partial charge is 0.315 e. The molecule has 0 unspecified atom stereocenters. The van der Waals surface area contributed by atoms with Crippen molar-refractivity contribution < 1.29 is 19.4 Å². The number of aliphatic hydroxyl groups is 1. The molecule has 2 amide bonds. The highest BCUT2D eigenvalue weighted by Gasteiger charge is 2.16. The molecule has 0 aromatic heterocycles. The topological polar surface area (TPSA) is 79.8 Å². The summed E-state index contributed by atoms with van der Waals surface area (Å²) in [6, 6.07) is 4.85. The molecule has 0 saturated carbocycles. The van der Waals surface area contributed by atoms with E-state index < -0.39 is 0 Å². The molecule has 2 atom stereocenters. The molecule has 1 aromatic carbocycles. The van der Waals surface area contributed by atoms with E-state index in [1.807, 2.05) is 25.1 Å². The van der Waals surface area contributed by atoms with Crippen molar-refractivity contribution in [2.45, 2.75) is 25.9 Å². The molecule has 110 valence electrons. The normalized spacial score (nSPS) is 16.1. The van der Waals surface area contributed by atoms with Gasteiger partial charge in [-0.3, -0.25) is 0 Å². The zero-order chi connectivity index (χ0) is 14.5. The Morgan fingerprint density at radius 2 is 1.95 bits per heavy atom. The molecule has 0 saturated heterocycles. The third kappa shape index (κ3) is 3.54. The highest BCUT2D eigenvalue weighted by atomic mass is 16.6. The van der Waals surface area contributed by atoms with Gasteiger partial charge < -0.3 is 25.2 Å². The summed E-state index contributed by atoms with van der Waals surface area (Å²) in [6.07, 6.45) is 0. The number of carbonyl (C=O) groups is 1. The lowest BCUT2D eigenvalue weighted by Gasteiger charge is -2.21. The zero-order valence-corrected chi connectivity index (χ0v) is 11.7. The number of fused-ring (bicyclic) bond motifs is 1. The molecule has 1 heterocycles. The molecule has 3 N–H and O–H groups in total. The van der Waals surface area contributed by atoms with Crippen molar-refractivity contribution in [3.05, 3.63) is 23.8 Å². The number of nitrogens with one attached hydrogen (secondary N) is 2. The predicted molar refractivity (Wildman–Crippen MR) is 74.1 cm³/mol. The first-order valence-corrected chi connectivity index (χ1v) is 6.67. The largest absolute Gasteiger partial charge is 0.486 e. The Hall–Kier alpha value is -1.95. The fourth-order valence-corrected chi connectivity index (χ4v) is 1.92. The number of hydrogen-bond donors (Lipinski definition) is 3. The number of aliphatic hydroxyl groups excluding tert-OH is 1. The Labute approximate surface area is 118 Å². The van der Waals surface area contributed by atoms with Gasteiger partial charge in [-0.1, -0.05) is 6.07 Å². The third-order valence-electron chi connectivity index (χ3n) is 3.07. The van der Waals surface area contributed by atoms with Gasteiger partial charge in [-0.25, -0.2) is 4.79 Å². The molecule has 0 fully saturated rings. The zero-order valence-electron chi connectivity index (χ0n) is 11.7. The first-order chi connectivity index (χ1) is 9.60. The molecule has 0 bridgehead atoms. The summed E-state index contributed by atoms with van der Waals surface area (Å²) in [7, 11) is 0. The standard InChI is InChI=1S/C14H20N2O4/c1-9(8-17)15-14(18)16-10(2)11-3-4-12-13(7-11)20-6-5-19-12/h3-4,7,9-10,17H,5-6,8H2,1-2H3,(H2,15,16,18)/t9-,10+/m0/s1. The summed E-state index contributed by atoms with van der Waals surface area (Å²) >= 11 is 0. The van der Waals surface area contributed by atoms with Gasteiger partial charge >= 0.3 is 6.03 Å².